The quantitative estimate of drug-likeness (QED) is 0.814. The third kappa shape index (κ3) is 4.52. The summed E-state index contributed by atoms with van der Waals surface area (Å²) < 4.78 is 0. The second-order valence-corrected chi connectivity index (χ2v) is 5.85. The Morgan fingerprint density at radius 2 is 2.12 bits per heavy atom. The molecule has 0 aliphatic heterocycles. The summed E-state index contributed by atoms with van der Waals surface area (Å²) in [5, 5.41) is 11.1. The van der Waals surface area contributed by atoms with Gasteiger partial charge in [-0.25, -0.2) is 0 Å². The second-order valence-electron chi connectivity index (χ2n) is 3.87. The first-order valence-electron chi connectivity index (χ1n) is 4.95. The van der Waals surface area contributed by atoms with Crippen LogP contribution in [-0.2, 0) is 0 Å². The number of benzene rings is 1. The molecule has 1 aromatic carbocycles. The Bertz CT molecular complexity index is 358. The molecular weight excluding hydrogens is 265 g/mol. The van der Waals surface area contributed by atoms with Crippen LogP contribution in [0.25, 0.3) is 0 Å². The first kappa shape index (κ1) is 14.1. The molecule has 2 nitrogen and oxygen atoms in total. The van der Waals surface area contributed by atoms with Crippen molar-refractivity contribution < 1.29 is 5.11 Å². The Hall–Kier alpha value is 0.0700. The van der Waals surface area contributed by atoms with E-state index in [9.17, 15) is 5.11 Å². The molecule has 0 heterocycles. The van der Waals surface area contributed by atoms with Gasteiger partial charge in [-0.1, -0.05) is 23.2 Å². The summed E-state index contributed by atoms with van der Waals surface area (Å²) in [5.41, 5.74) is 4.63. The summed E-state index contributed by atoms with van der Waals surface area (Å²) in [7, 11) is 0. The van der Waals surface area contributed by atoms with E-state index in [2.05, 4.69) is 0 Å². The number of halogens is 2. The molecule has 0 aliphatic carbocycles. The number of hydrogen-bond donors (Lipinski definition) is 2. The molecule has 0 radical (unpaired) electrons. The van der Waals surface area contributed by atoms with Crippen LogP contribution in [0, 0.1) is 0 Å². The zero-order valence-corrected chi connectivity index (χ0v) is 11.4. The minimum absolute atomic E-state index is 0.261. The molecule has 1 unspecified atom stereocenters. The molecule has 3 N–H and O–H groups in total. The van der Waals surface area contributed by atoms with E-state index in [0.717, 1.165) is 10.6 Å². The van der Waals surface area contributed by atoms with Gasteiger partial charge < -0.3 is 10.8 Å². The second kappa shape index (κ2) is 6.12. The SMILES string of the molecule is CC(O)(CN)CCSc1cc(Cl)ccc1Cl. The topological polar surface area (TPSA) is 46.2 Å². The van der Waals surface area contributed by atoms with Gasteiger partial charge in [0.25, 0.3) is 0 Å². The van der Waals surface area contributed by atoms with Gasteiger partial charge in [0.15, 0.2) is 0 Å². The number of rotatable bonds is 5. The van der Waals surface area contributed by atoms with Crippen LogP contribution in [0.2, 0.25) is 10.0 Å². The van der Waals surface area contributed by atoms with Gasteiger partial charge in [0, 0.05) is 22.2 Å². The minimum Gasteiger partial charge on any atom is -0.389 e. The Balaban J connectivity index is 2.52. The van der Waals surface area contributed by atoms with Gasteiger partial charge in [-0.2, -0.15) is 0 Å². The van der Waals surface area contributed by atoms with Gasteiger partial charge in [0.05, 0.1) is 10.6 Å². The molecule has 16 heavy (non-hydrogen) atoms. The summed E-state index contributed by atoms with van der Waals surface area (Å²) in [6, 6.07) is 5.35. The highest BCUT2D eigenvalue weighted by atomic mass is 35.5. The van der Waals surface area contributed by atoms with Gasteiger partial charge in [-0.05, 0) is 31.5 Å². The van der Waals surface area contributed by atoms with Gasteiger partial charge in [-0.3, -0.25) is 0 Å². The van der Waals surface area contributed by atoms with E-state index in [-0.39, 0.29) is 6.54 Å². The number of aliphatic hydroxyl groups is 1. The van der Waals surface area contributed by atoms with Crippen molar-refractivity contribution in [2.45, 2.75) is 23.8 Å². The standard InChI is InChI=1S/C11H15Cl2NOS/c1-11(15,7-14)4-5-16-10-6-8(12)2-3-9(10)13/h2-3,6,15H,4-5,7,14H2,1H3. The zero-order valence-electron chi connectivity index (χ0n) is 9.04. The van der Waals surface area contributed by atoms with Crippen molar-refractivity contribution in [3.05, 3.63) is 28.2 Å². The Morgan fingerprint density at radius 1 is 1.44 bits per heavy atom. The highest BCUT2D eigenvalue weighted by molar-refractivity contribution is 7.99. The maximum Gasteiger partial charge on any atom is 0.0749 e. The zero-order chi connectivity index (χ0) is 12.2. The lowest BCUT2D eigenvalue weighted by molar-refractivity contribution is 0.0665. The normalized spacial score (nSPS) is 14.8. The first-order chi connectivity index (χ1) is 7.44. The summed E-state index contributed by atoms with van der Waals surface area (Å²) in [5.74, 6) is 0.754. The van der Waals surface area contributed by atoms with E-state index in [0.29, 0.717) is 16.5 Å². The molecule has 0 fully saturated rings. The van der Waals surface area contributed by atoms with Crippen LogP contribution < -0.4 is 5.73 Å². The van der Waals surface area contributed by atoms with Gasteiger partial charge in [0.1, 0.15) is 0 Å². The largest absolute Gasteiger partial charge is 0.389 e. The lowest BCUT2D eigenvalue weighted by atomic mass is 10.1. The van der Waals surface area contributed by atoms with Crippen molar-refractivity contribution >= 4 is 35.0 Å². The smallest absolute Gasteiger partial charge is 0.0749 e. The van der Waals surface area contributed by atoms with Crippen LogP contribution in [0.4, 0.5) is 0 Å². The predicted molar refractivity (Wildman–Crippen MR) is 71.5 cm³/mol. The fourth-order valence-electron chi connectivity index (χ4n) is 1.07. The maximum absolute atomic E-state index is 9.73. The Morgan fingerprint density at radius 3 is 2.75 bits per heavy atom. The van der Waals surface area contributed by atoms with Crippen LogP contribution in [-0.4, -0.2) is 23.0 Å². The van der Waals surface area contributed by atoms with Crippen molar-refractivity contribution in [3.8, 4) is 0 Å². The van der Waals surface area contributed by atoms with Crippen LogP contribution in [0.1, 0.15) is 13.3 Å². The molecule has 0 saturated heterocycles. The van der Waals surface area contributed by atoms with Crippen LogP contribution in [0.15, 0.2) is 23.1 Å². The first-order valence-corrected chi connectivity index (χ1v) is 6.69. The molecule has 1 atom stereocenters. The Labute approximate surface area is 110 Å². The van der Waals surface area contributed by atoms with Crippen LogP contribution in [0.5, 0.6) is 0 Å². The fourth-order valence-corrected chi connectivity index (χ4v) is 2.77. The third-order valence-corrected chi connectivity index (χ3v) is 3.96. The summed E-state index contributed by atoms with van der Waals surface area (Å²) >= 11 is 13.5. The van der Waals surface area contributed by atoms with Crippen molar-refractivity contribution in [2.75, 3.05) is 12.3 Å². The van der Waals surface area contributed by atoms with E-state index < -0.39 is 5.60 Å². The van der Waals surface area contributed by atoms with Crippen molar-refractivity contribution in [2.24, 2.45) is 5.73 Å². The number of thioether (sulfide) groups is 1. The molecule has 1 rings (SSSR count). The van der Waals surface area contributed by atoms with Gasteiger partial charge in [-0.15, -0.1) is 11.8 Å². The maximum atomic E-state index is 9.73. The molecule has 0 bridgehead atoms. The highest BCUT2D eigenvalue weighted by Crippen LogP contribution is 2.31. The van der Waals surface area contributed by atoms with Crippen LogP contribution in [0.3, 0.4) is 0 Å². The van der Waals surface area contributed by atoms with E-state index >= 15 is 0 Å². The summed E-state index contributed by atoms with van der Waals surface area (Å²) in [6.07, 6.45) is 0.622. The molecule has 0 saturated carbocycles. The number of nitrogens with two attached hydrogens (primary N) is 1. The van der Waals surface area contributed by atoms with E-state index in [1.54, 1.807) is 30.8 Å². The molecule has 5 heteroatoms. The highest BCUT2D eigenvalue weighted by Gasteiger charge is 2.17. The summed E-state index contributed by atoms with van der Waals surface area (Å²) in [6.45, 7) is 1.99. The molecular formula is C11H15Cl2NOS. The third-order valence-electron chi connectivity index (χ3n) is 2.23. The average molecular weight is 280 g/mol. The molecule has 0 aromatic heterocycles. The lowest BCUT2D eigenvalue weighted by Crippen LogP contribution is -2.34. The average Bonchev–Trinajstić information content (AvgIpc) is 2.23. The molecule has 0 spiro atoms. The van der Waals surface area contributed by atoms with E-state index in [4.69, 9.17) is 28.9 Å². The van der Waals surface area contributed by atoms with Crippen molar-refractivity contribution in [1.29, 1.82) is 0 Å². The van der Waals surface area contributed by atoms with Gasteiger partial charge in [0.2, 0.25) is 0 Å². The van der Waals surface area contributed by atoms with Crippen LogP contribution >= 0.6 is 35.0 Å². The summed E-state index contributed by atoms with van der Waals surface area (Å²) in [4.78, 5) is 0.932. The lowest BCUT2D eigenvalue weighted by Gasteiger charge is -2.20. The number of hydrogen-bond acceptors (Lipinski definition) is 3. The monoisotopic (exact) mass is 279 g/mol. The fraction of sp³-hybridized carbons (Fsp3) is 0.455. The minimum atomic E-state index is -0.807. The van der Waals surface area contributed by atoms with Crippen molar-refractivity contribution in [3.63, 3.8) is 0 Å². The van der Waals surface area contributed by atoms with Gasteiger partial charge >= 0.3 is 0 Å². The Kier molecular flexibility index (Phi) is 5.41. The molecule has 1 aromatic rings. The van der Waals surface area contributed by atoms with Crippen molar-refractivity contribution in [1.82, 2.24) is 0 Å². The molecule has 0 aliphatic rings. The molecule has 0 amide bonds. The molecule has 90 valence electrons. The van der Waals surface area contributed by atoms with E-state index in [1.165, 1.54) is 0 Å². The predicted octanol–water partition coefficient (Wildman–Crippen LogP) is 3.19. The van der Waals surface area contributed by atoms with E-state index in [1.807, 2.05) is 6.07 Å².